The summed E-state index contributed by atoms with van der Waals surface area (Å²) in [5.41, 5.74) is 0. The quantitative estimate of drug-likeness (QED) is 0.843. The largest absolute Gasteiger partial charge is 0.381 e. The maximum absolute atomic E-state index is 12.9. The molecule has 0 saturated carbocycles. The van der Waals surface area contributed by atoms with Gasteiger partial charge in [-0.3, -0.25) is 0 Å². The maximum atomic E-state index is 12.9. The molecule has 1 atom stereocenters. The minimum absolute atomic E-state index is 0.210. The van der Waals surface area contributed by atoms with Gasteiger partial charge >= 0.3 is 0 Å². The Kier molecular flexibility index (Phi) is 4.65. The molecule has 0 aromatic carbocycles. The molecule has 1 N–H and O–H groups in total. The molecule has 5 nitrogen and oxygen atoms in total. The summed E-state index contributed by atoms with van der Waals surface area (Å²) in [6, 6.07) is 0.255. The van der Waals surface area contributed by atoms with E-state index in [1.54, 1.807) is 0 Å². The third kappa shape index (κ3) is 2.89. The number of piperidine rings is 1. The number of sulfonamides is 1. The molecule has 0 bridgehead atoms. The molecule has 0 aliphatic carbocycles. The van der Waals surface area contributed by atoms with Crippen LogP contribution in [0, 0.1) is 5.92 Å². The van der Waals surface area contributed by atoms with Gasteiger partial charge in [-0.25, -0.2) is 8.42 Å². The first kappa shape index (κ1) is 14.8. The van der Waals surface area contributed by atoms with Crippen LogP contribution in [-0.2, 0) is 14.8 Å². The summed E-state index contributed by atoms with van der Waals surface area (Å²) in [6.45, 7) is 3.98. The minimum atomic E-state index is -3.13. The van der Waals surface area contributed by atoms with Crippen molar-refractivity contribution in [3.05, 3.63) is 0 Å². The van der Waals surface area contributed by atoms with E-state index in [9.17, 15) is 8.42 Å². The van der Waals surface area contributed by atoms with E-state index < -0.39 is 10.0 Å². The number of hydrogen-bond acceptors (Lipinski definition) is 4. The zero-order valence-electron chi connectivity index (χ0n) is 12.1. The van der Waals surface area contributed by atoms with Gasteiger partial charge in [-0.2, -0.15) is 4.31 Å². The summed E-state index contributed by atoms with van der Waals surface area (Å²) in [5.74, 6) is 0.549. The number of nitrogens with zero attached hydrogens (tertiary/aromatic N) is 1. The normalized spacial score (nSPS) is 31.7. The lowest BCUT2D eigenvalue weighted by Crippen LogP contribution is -2.48. The van der Waals surface area contributed by atoms with Gasteiger partial charge < -0.3 is 10.1 Å². The average molecular weight is 302 g/mol. The Balaban J connectivity index is 1.73. The Morgan fingerprint density at radius 3 is 2.40 bits per heavy atom. The lowest BCUT2D eigenvalue weighted by atomic mass is 9.89. The molecular formula is C14H26N2O3S. The monoisotopic (exact) mass is 302 g/mol. The van der Waals surface area contributed by atoms with Crippen molar-refractivity contribution >= 4 is 10.0 Å². The van der Waals surface area contributed by atoms with Crippen LogP contribution in [0.3, 0.4) is 0 Å². The molecule has 3 aliphatic rings. The molecule has 1 unspecified atom stereocenters. The van der Waals surface area contributed by atoms with Gasteiger partial charge in [0.25, 0.3) is 0 Å². The van der Waals surface area contributed by atoms with Crippen LogP contribution in [0.15, 0.2) is 0 Å². The standard InChI is InChI=1S/C14H26N2O3S/c17-20(18,13-5-10-19-11-6-13)16-9-1-2-14(16)12-3-7-15-8-4-12/h12-15H,1-11H2. The second kappa shape index (κ2) is 6.30. The van der Waals surface area contributed by atoms with Crippen molar-refractivity contribution in [2.24, 2.45) is 5.92 Å². The van der Waals surface area contributed by atoms with E-state index in [1.807, 2.05) is 4.31 Å². The number of rotatable bonds is 3. The SMILES string of the molecule is O=S(=O)(C1CCOCC1)N1CCCC1C1CCNCC1. The molecule has 6 heteroatoms. The zero-order chi connectivity index (χ0) is 14.0. The van der Waals surface area contributed by atoms with Crippen molar-refractivity contribution in [3.63, 3.8) is 0 Å². The fraction of sp³-hybridized carbons (Fsp3) is 1.00. The maximum Gasteiger partial charge on any atom is 0.217 e. The Hall–Kier alpha value is -0.170. The molecule has 0 spiro atoms. The highest BCUT2D eigenvalue weighted by Gasteiger charge is 2.42. The fourth-order valence-electron chi connectivity index (χ4n) is 3.95. The number of nitrogens with one attached hydrogen (secondary N) is 1. The van der Waals surface area contributed by atoms with Crippen LogP contribution < -0.4 is 5.32 Å². The Morgan fingerprint density at radius 1 is 1.00 bits per heavy atom. The van der Waals surface area contributed by atoms with Crippen LogP contribution >= 0.6 is 0 Å². The first-order valence-corrected chi connectivity index (χ1v) is 9.49. The Labute approximate surface area is 122 Å². The molecule has 3 aliphatic heterocycles. The van der Waals surface area contributed by atoms with Gasteiger partial charge in [0, 0.05) is 25.8 Å². The zero-order valence-corrected chi connectivity index (χ0v) is 12.9. The molecule has 3 heterocycles. The van der Waals surface area contributed by atoms with Crippen LogP contribution in [0.25, 0.3) is 0 Å². The number of hydrogen-bond donors (Lipinski definition) is 1. The smallest absolute Gasteiger partial charge is 0.217 e. The molecule has 3 rings (SSSR count). The molecule has 0 radical (unpaired) electrons. The van der Waals surface area contributed by atoms with Gasteiger partial charge in [0.05, 0.1) is 5.25 Å². The highest BCUT2D eigenvalue weighted by molar-refractivity contribution is 7.89. The van der Waals surface area contributed by atoms with Crippen LogP contribution in [0.4, 0.5) is 0 Å². The average Bonchev–Trinajstić information content (AvgIpc) is 2.99. The predicted molar refractivity (Wildman–Crippen MR) is 78.1 cm³/mol. The van der Waals surface area contributed by atoms with E-state index in [2.05, 4.69) is 5.32 Å². The molecule has 0 aromatic heterocycles. The molecule has 0 amide bonds. The van der Waals surface area contributed by atoms with Gasteiger partial charge in [-0.1, -0.05) is 0 Å². The van der Waals surface area contributed by atoms with Gasteiger partial charge in [0.15, 0.2) is 0 Å². The highest BCUT2D eigenvalue weighted by Crippen LogP contribution is 2.34. The molecule has 116 valence electrons. The van der Waals surface area contributed by atoms with E-state index in [4.69, 9.17) is 4.74 Å². The van der Waals surface area contributed by atoms with Crippen LogP contribution in [0.5, 0.6) is 0 Å². The lowest BCUT2D eigenvalue weighted by molar-refractivity contribution is 0.0966. The summed E-state index contributed by atoms with van der Waals surface area (Å²) in [5, 5.41) is 3.16. The van der Waals surface area contributed by atoms with Crippen LogP contribution in [0.2, 0.25) is 0 Å². The van der Waals surface area contributed by atoms with Crippen molar-refractivity contribution in [2.45, 2.75) is 49.8 Å². The van der Waals surface area contributed by atoms with Crippen molar-refractivity contribution < 1.29 is 13.2 Å². The lowest BCUT2D eigenvalue weighted by Gasteiger charge is -2.36. The summed E-state index contributed by atoms with van der Waals surface area (Å²) in [4.78, 5) is 0. The van der Waals surface area contributed by atoms with Crippen molar-refractivity contribution in [1.29, 1.82) is 0 Å². The second-order valence-electron chi connectivity index (χ2n) is 6.26. The summed E-state index contributed by atoms with van der Waals surface area (Å²) in [7, 11) is -3.13. The van der Waals surface area contributed by atoms with Crippen molar-refractivity contribution in [2.75, 3.05) is 32.8 Å². The molecular weight excluding hydrogens is 276 g/mol. The van der Waals surface area contributed by atoms with Crippen molar-refractivity contribution in [3.8, 4) is 0 Å². The fourth-order valence-corrected chi connectivity index (χ4v) is 6.16. The molecule has 20 heavy (non-hydrogen) atoms. The molecule has 0 aromatic rings. The first-order chi connectivity index (χ1) is 9.69. The summed E-state index contributed by atoms with van der Waals surface area (Å²) >= 11 is 0. The number of ether oxygens (including phenoxy) is 1. The van der Waals surface area contributed by atoms with Crippen LogP contribution in [0.1, 0.15) is 38.5 Å². The molecule has 3 saturated heterocycles. The van der Waals surface area contributed by atoms with E-state index in [0.717, 1.165) is 45.3 Å². The van der Waals surface area contributed by atoms with Crippen molar-refractivity contribution in [1.82, 2.24) is 9.62 Å². The Morgan fingerprint density at radius 2 is 1.70 bits per heavy atom. The third-order valence-corrected chi connectivity index (χ3v) is 7.51. The van der Waals surface area contributed by atoms with Gasteiger partial charge in [0.2, 0.25) is 10.0 Å². The van der Waals surface area contributed by atoms with E-state index >= 15 is 0 Å². The second-order valence-corrected chi connectivity index (χ2v) is 8.43. The van der Waals surface area contributed by atoms with E-state index in [0.29, 0.717) is 32.0 Å². The summed E-state index contributed by atoms with van der Waals surface area (Å²) in [6.07, 6.45) is 5.63. The van der Waals surface area contributed by atoms with Crippen LogP contribution in [-0.4, -0.2) is 56.9 Å². The highest BCUT2D eigenvalue weighted by atomic mass is 32.2. The van der Waals surface area contributed by atoms with Gasteiger partial charge in [0.1, 0.15) is 0 Å². The minimum Gasteiger partial charge on any atom is -0.381 e. The molecule has 3 fully saturated rings. The van der Waals surface area contributed by atoms with Gasteiger partial charge in [-0.05, 0) is 57.5 Å². The Bertz CT molecular complexity index is 414. The van der Waals surface area contributed by atoms with E-state index in [1.165, 1.54) is 0 Å². The van der Waals surface area contributed by atoms with Gasteiger partial charge in [-0.15, -0.1) is 0 Å². The first-order valence-electron chi connectivity index (χ1n) is 7.99. The third-order valence-electron chi connectivity index (χ3n) is 5.09. The topological polar surface area (TPSA) is 58.6 Å². The summed E-state index contributed by atoms with van der Waals surface area (Å²) < 4.78 is 33.0. The van der Waals surface area contributed by atoms with E-state index in [-0.39, 0.29) is 11.3 Å². The predicted octanol–water partition coefficient (Wildman–Crippen LogP) is 0.959.